The van der Waals surface area contributed by atoms with E-state index in [9.17, 15) is 14.0 Å². The smallest absolute Gasteiger partial charge is 0.200 e. The van der Waals surface area contributed by atoms with Crippen molar-refractivity contribution < 1.29 is 18.7 Å². The van der Waals surface area contributed by atoms with E-state index in [0.717, 1.165) is 0 Å². The second-order valence-corrected chi connectivity index (χ2v) is 3.87. The van der Waals surface area contributed by atoms with Crippen molar-refractivity contribution in [2.75, 3.05) is 6.61 Å². The van der Waals surface area contributed by atoms with Crippen molar-refractivity contribution in [3.8, 4) is 5.75 Å². The Hall–Kier alpha value is -2.49. The van der Waals surface area contributed by atoms with Crippen LogP contribution in [0.5, 0.6) is 5.75 Å². The first-order valence-corrected chi connectivity index (χ1v) is 5.66. The maximum Gasteiger partial charge on any atom is 0.200 e. The first kappa shape index (κ1) is 13.0. The third-order valence-electron chi connectivity index (χ3n) is 2.57. The van der Waals surface area contributed by atoms with Crippen molar-refractivity contribution >= 4 is 12.1 Å². The molecule has 0 amide bonds. The Morgan fingerprint density at radius 2 is 1.79 bits per heavy atom. The Labute approximate surface area is 109 Å². The van der Waals surface area contributed by atoms with Gasteiger partial charge in [0.05, 0.1) is 5.56 Å². The summed E-state index contributed by atoms with van der Waals surface area (Å²) in [5, 5.41) is 0. The van der Waals surface area contributed by atoms with E-state index in [0.29, 0.717) is 23.2 Å². The quantitative estimate of drug-likeness (QED) is 0.611. The van der Waals surface area contributed by atoms with Gasteiger partial charge < -0.3 is 4.74 Å². The standard InChI is InChI=1S/C15H11FO3/c16-13-7-5-11(6-8-13)14(18)10-19-15-4-2-1-3-12(15)9-17/h1-9H,10H2. The summed E-state index contributed by atoms with van der Waals surface area (Å²) in [6, 6.07) is 11.9. The molecule has 96 valence electrons. The number of para-hydroxylation sites is 1. The Morgan fingerprint density at radius 1 is 1.11 bits per heavy atom. The Bertz CT molecular complexity index is 591. The van der Waals surface area contributed by atoms with Gasteiger partial charge in [-0.2, -0.15) is 0 Å². The van der Waals surface area contributed by atoms with Crippen LogP contribution in [0.1, 0.15) is 20.7 Å². The van der Waals surface area contributed by atoms with E-state index in [2.05, 4.69) is 0 Å². The molecule has 0 spiro atoms. The number of hydrogen-bond acceptors (Lipinski definition) is 3. The van der Waals surface area contributed by atoms with Gasteiger partial charge in [-0.3, -0.25) is 9.59 Å². The van der Waals surface area contributed by atoms with Crippen LogP contribution in [0.2, 0.25) is 0 Å². The van der Waals surface area contributed by atoms with Gasteiger partial charge in [-0.25, -0.2) is 4.39 Å². The maximum absolute atomic E-state index is 12.7. The summed E-state index contributed by atoms with van der Waals surface area (Å²) in [4.78, 5) is 22.6. The average Bonchev–Trinajstić information content (AvgIpc) is 2.45. The largest absolute Gasteiger partial charge is 0.485 e. The van der Waals surface area contributed by atoms with Crippen LogP contribution in [0.25, 0.3) is 0 Å². The molecule has 0 unspecified atom stereocenters. The predicted molar refractivity (Wildman–Crippen MR) is 68.1 cm³/mol. The predicted octanol–water partition coefficient (Wildman–Crippen LogP) is 2.90. The molecule has 0 saturated heterocycles. The van der Waals surface area contributed by atoms with Crippen LogP contribution >= 0.6 is 0 Å². The minimum absolute atomic E-state index is 0.198. The summed E-state index contributed by atoms with van der Waals surface area (Å²) in [5.41, 5.74) is 0.749. The monoisotopic (exact) mass is 258 g/mol. The molecule has 4 heteroatoms. The highest BCUT2D eigenvalue weighted by Crippen LogP contribution is 2.16. The third-order valence-corrected chi connectivity index (χ3v) is 2.57. The van der Waals surface area contributed by atoms with Gasteiger partial charge in [-0.15, -0.1) is 0 Å². The summed E-state index contributed by atoms with van der Waals surface area (Å²) in [7, 11) is 0. The van der Waals surface area contributed by atoms with Crippen LogP contribution in [-0.2, 0) is 0 Å². The lowest BCUT2D eigenvalue weighted by Gasteiger charge is -2.07. The van der Waals surface area contributed by atoms with Crippen molar-refractivity contribution in [2.24, 2.45) is 0 Å². The van der Waals surface area contributed by atoms with Crippen molar-refractivity contribution in [2.45, 2.75) is 0 Å². The number of benzene rings is 2. The number of rotatable bonds is 5. The number of ketones is 1. The molecule has 0 fully saturated rings. The number of ether oxygens (including phenoxy) is 1. The number of Topliss-reactive ketones (excluding diaryl/α,β-unsaturated/α-hetero) is 1. The van der Waals surface area contributed by atoms with E-state index >= 15 is 0 Å². The molecule has 0 aliphatic heterocycles. The van der Waals surface area contributed by atoms with Gasteiger partial charge >= 0.3 is 0 Å². The number of aldehydes is 1. The lowest BCUT2D eigenvalue weighted by atomic mass is 10.1. The first-order chi connectivity index (χ1) is 9.20. The molecule has 0 heterocycles. The Kier molecular flexibility index (Phi) is 4.03. The number of halogens is 1. The highest BCUT2D eigenvalue weighted by Gasteiger charge is 2.08. The average molecular weight is 258 g/mol. The maximum atomic E-state index is 12.7. The Balaban J connectivity index is 2.04. The Morgan fingerprint density at radius 3 is 2.47 bits per heavy atom. The van der Waals surface area contributed by atoms with Crippen molar-refractivity contribution in [3.63, 3.8) is 0 Å². The van der Waals surface area contributed by atoms with Crippen LogP contribution in [0.15, 0.2) is 48.5 Å². The number of carbonyl (C=O) groups is 2. The van der Waals surface area contributed by atoms with E-state index in [1.54, 1.807) is 24.3 Å². The van der Waals surface area contributed by atoms with Gasteiger partial charge in [0.15, 0.2) is 18.7 Å². The molecule has 0 radical (unpaired) electrons. The lowest BCUT2D eigenvalue weighted by Crippen LogP contribution is -2.12. The molecule has 0 bridgehead atoms. The molecular formula is C15H11FO3. The molecule has 0 atom stereocenters. The zero-order valence-corrected chi connectivity index (χ0v) is 10.0. The van der Waals surface area contributed by atoms with Crippen molar-refractivity contribution in [1.82, 2.24) is 0 Å². The molecule has 0 aliphatic rings. The molecule has 2 aromatic rings. The highest BCUT2D eigenvalue weighted by molar-refractivity contribution is 5.97. The van der Waals surface area contributed by atoms with Gasteiger partial charge in [0, 0.05) is 5.56 Å². The molecule has 3 nitrogen and oxygen atoms in total. The van der Waals surface area contributed by atoms with E-state index < -0.39 is 5.82 Å². The van der Waals surface area contributed by atoms with Crippen LogP contribution in [0.4, 0.5) is 4.39 Å². The van der Waals surface area contributed by atoms with Gasteiger partial charge in [-0.05, 0) is 36.4 Å². The lowest BCUT2D eigenvalue weighted by molar-refractivity contribution is 0.0918. The SMILES string of the molecule is O=Cc1ccccc1OCC(=O)c1ccc(F)cc1. The fraction of sp³-hybridized carbons (Fsp3) is 0.0667. The van der Waals surface area contributed by atoms with Crippen molar-refractivity contribution in [1.29, 1.82) is 0 Å². The van der Waals surface area contributed by atoms with Gasteiger partial charge in [-0.1, -0.05) is 12.1 Å². The zero-order valence-electron chi connectivity index (χ0n) is 10.0. The summed E-state index contributed by atoms with van der Waals surface area (Å²) in [6.07, 6.45) is 0.664. The molecule has 2 rings (SSSR count). The molecule has 19 heavy (non-hydrogen) atoms. The molecular weight excluding hydrogens is 247 g/mol. The zero-order chi connectivity index (χ0) is 13.7. The van der Waals surface area contributed by atoms with Crippen LogP contribution < -0.4 is 4.74 Å². The van der Waals surface area contributed by atoms with E-state index in [1.807, 2.05) is 0 Å². The second-order valence-electron chi connectivity index (χ2n) is 3.87. The summed E-state index contributed by atoms with van der Waals surface area (Å²) < 4.78 is 18.0. The molecule has 0 N–H and O–H groups in total. The van der Waals surface area contributed by atoms with Crippen LogP contribution in [-0.4, -0.2) is 18.7 Å². The van der Waals surface area contributed by atoms with Crippen LogP contribution in [0.3, 0.4) is 0 Å². The van der Waals surface area contributed by atoms with E-state index in [-0.39, 0.29) is 12.4 Å². The fourth-order valence-corrected chi connectivity index (χ4v) is 1.57. The molecule has 0 aromatic heterocycles. The van der Waals surface area contributed by atoms with Crippen LogP contribution in [0, 0.1) is 5.82 Å². The number of hydrogen-bond donors (Lipinski definition) is 0. The normalized spacial score (nSPS) is 9.95. The van der Waals surface area contributed by atoms with E-state index in [1.165, 1.54) is 24.3 Å². The summed E-state index contributed by atoms with van der Waals surface area (Å²) in [5.74, 6) is -0.322. The van der Waals surface area contributed by atoms with Gasteiger partial charge in [0.1, 0.15) is 11.6 Å². The molecule has 2 aromatic carbocycles. The fourth-order valence-electron chi connectivity index (χ4n) is 1.57. The van der Waals surface area contributed by atoms with Gasteiger partial charge in [0.2, 0.25) is 0 Å². The minimum atomic E-state index is -0.399. The van der Waals surface area contributed by atoms with Crippen molar-refractivity contribution in [3.05, 3.63) is 65.5 Å². The molecule has 0 aliphatic carbocycles. The third kappa shape index (κ3) is 3.25. The highest BCUT2D eigenvalue weighted by atomic mass is 19.1. The van der Waals surface area contributed by atoms with E-state index in [4.69, 9.17) is 4.74 Å². The summed E-state index contributed by atoms with van der Waals surface area (Å²) >= 11 is 0. The minimum Gasteiger partial charge on any atom is -0.485 e. The second kappa shape index (κ2) is 5.91. The first-order valence-electron chi connectivity index (χ1n) is 5.66. The topological polar surface area (TPSA) is 43.4 Å². The van der Waals surface area contributed by atoms with Gasteiger partial charge in [0.25, 0.3) is 0 Å². The number of carbonyl (C=O) groups excluding carboxylic acids is 2. The summed E-state index contributed by atoms with van der Waals surface area (Å²) in [6.45, 7) is -0.198. The molecule has 0 saturated carbocycles.